The van der Waals surface area contributed by atoms with E-state index in [-0.39, 0.29) is 6.42 Å². The highest BCUT2D eigenvalue weighted by Crippen LogP contribution is 2.20. The van der Waals surface area contributed by atoms with Crippen molar-refractivity contribution in [2.24, 2.45) is 0 Å². The minimum absolute atomic E-state index is 0.0742. The fourth-order valence-electron chi connectivity index (χ4n) is 1.84. The van der Waals surface area contributed by atoms with Crippen molar-refractivity contribution in [3.8, 4) is 0 Å². The molecule has 1 aromatic carbocycles. The van der Waals surface area contributed by atoms with Gasteiger partial charge in [-0.15, -0.1) is 0 Å². The molecule has 0 aromatic heterocycles. The van der Waals surface area contributed by atoms with Crippen LogP contribution in [0.3, 0.4) is 0 Å². The number of aliphatic carboxylic acids is 1. The molecule has 0 radical (unpaired) electrons. The molecular weight excluding hydrogens is 230 g/mol. The number of hydrogen-bond acceptors (Lipinski definition) is 3. The smallest absolute Gasteiger partial charge is 0.305 e. The van der Waals surface area contributed by atoms with E-state index in [1.54, 1.807) is 0 Å². The average molecular weight is 251 g/mol. The van der Waals surface area contributed by atoms with Crippen molar-refractivity contribution in [2.45, 2.75) is 32.8 Å². The second-order valence-corrected chi connectivity index (χ2v) is 4.44. The molecule has 0 aliphatic rings. The molecule has 0 heterocycles. The summed E-state index contributed by atoms with van der Waals surface area (Å²) < 4.78 is 0. The van der Waals surface area contributed by atoms with Gasteiger partial charge in [-0.25, -0.2) is 0 Å². The van der Waals surface area contributed by atoms with Crippen LogP contribution in [0.5, 0.6) is 0 Å². The van der Waals surface area contributed by atoms with E-state index in [0.29, 0.717) is 19.5 Å². The maximum Gasteiger partial charge on any atom is 0.305 e. The predicted octanol–water partition coefficient (Wildman–Crippen LogP) is 2.05. The zero-order valence-corrected chi connectivity index (χ0v) is 11.0. The van der Waals surface area contributed by atoms with Gasteiger partial charge in [-0.3, -0.25) is 4.79 Å². The molecule has 1 rings (SSSR count). The predicted molar refractivity (Wildman–Crippen MR) is 71.9 cm³/mol. The van der Waals surface area contributed by atoms with Gasteiger partial charge in [0.25, 0.3) is 0 Å². The van der Waals surface area contributed by atoms with Gasteiger partial charge in [-0.1, -0.05) is 25.1 Å². The van der Waals surface area contributed by atoms with Gasteiger partial charge in [-0.05, 0) is 25.0 Å². The molecule has 0 fully saturated rings. The molecule has 1 unspecified atom stereocenters. The number of anilines is 1. The molecule has 4 heteroatoms. The van der Waals surface area contributed by atoms with E-state index in [0.717, 1.165) is 11.3 Å². The Morgan fingerprint density at radius 2 is 2.06 bits per heavy atom. The highest BCUT2D eigenvalue weighted by atomic mass is 16.4. The van der Waals surface area contributed by atoms with E-state index in [1.807, 2.05) is 43.0 Å². The van der Waals surface area contributed by atoms with Crippen LogP contribution < -0.4 is 4.90 Å². The summed E-state index contributed by atoms with van der Waals surface area (Å²) in [5.41, 5.74) is 2.08. The van der Waals surface area contributed by atoms with Crippen LogP contribution in [-0.2, 0) is 4.79 Å². The maximum atomic E-state index is 10.7. The van der Waals surface area contributed by atoms with Crippen LogP contribution >= 0.6 is 0 Å². The molecule has 0 amide bonds. The molecule has 0 saturated carbocycles. The van der Waals surface area contributed by atoms with Gasteiger partial charge in [-0.2, -0.15) is 0 Å². The summed E-state index contributed by atoms with van der Waals surface area (Å²) in [6.07, 6.45) is 0.304. The lowest BCUT2D eigenvalue weighted by molar-refractivity contribution is -0.136. The van der Waals surface area contributed by atoms with Gasteiger partial charge in [0.15, 0.2) is 0 Å². The van der Waals surface area contributed by atoms with E-state index >= 15 is 0 Å². The topological polar surface area (TPSA) is 60.8 Å². The SMILES string of the molecule is CCC(O)CN(CCC(=O)O)c1ccccc1C. The van der Waals surface area contributed by atoms with Crippen LogP contribution in [0.1, 0.15) is 25.3 Å². The molecule has 0 aliphatic carbocycles. The number of rotatable bonds is 7. The molecule has 0 bridgehead atoms. The summed E-state index contributed by atoms with van der Waals surface area (Å²) in [6, 6.07) is 7.82. The van der Waals surface area contributed by atoms with Crippen LogP contribution in [-0.4, -0.2) is 35.4 Å². The fraction of sp³-hybridized carbons (Fsp3) is 0.500. The van der Waals surface area contributed by atoms with Crippen molar-refractivity contribution < 1.29 is 15.0 Å². The first-order valence-corrected chi connectivity index (χ1v) is 6.25. The molecule has 0 spiro atoms. The standard InChI is InChI=1S/C14H21NO3/c1-3-12(16)10-15(9-8-14(17)18)13-7-5-4-6-11(13)2/h4-7,12,16H,3,8-10H2,1-2H3,(H,17,18). The van der Waals surface area contributed by atoms with Gasteiger partial charge < -0.3 is 15.1 Å². The Hall–Kier alpha value is -1.55. The summed E-state index contributed by atoms with van der Waals surface area (Å²) in [4.78, 5) is 12.6. The average Bonchev–Trinajstić information content (AvgIpc) is 2.34. The Kier molecular flexibility index (Phi) is 5.65. The number of carbonyl (C=O) groups is 1. The molecule has 4 nitrogen and oxygen atoms in total. The first-order chi connectivity index (χ1) is 8.54. The Bertz CT molecular complexity index is 392. The summed E-state index contributed by atoms with van der Waals surface area (Å²) in [5, 5.41) is 18.5. The van der Waals surface area contributed by atoms with Crippen LogP contribution in [0.4, 0.5) is 5.69 Å². The van der Waals surface area contributed by atoms with Crippen molar-refractivity contribution >= 4 is 11.7 Å². The number of aliphatic hydroxyl groups excluding tert-OH is 1. The highest BCUT2D eigenvalue weighted by Gasteiger charge is 2.14. The van der Waals surface area contributed by atoms with Crippen molar-refractivity contribution in [2.75, 3.05) is 18.0 Å². The van der Waals surface area contributed by atoms with Gasteiger partial charge in [0.05, 0.1) is 12.5 Å². The highest BCUT2D eigenvalue weighted by molar-refractivity contribution is 5.68. The molecule has 1 aromatic rings. The summed E-state index contributed by atoms with van der Waals surface area (Å²) in [6.45, 7) is 4.78. The van der Waals surface area contributed by atoms with Crippen LogP contribution in [0, 0.1) is 6.92 Å². The number of para-hydroxylation sites is 1. The lowest BCUT2D eigenvalue weighted by atomic mass is 10.1. The summed E-state index contributed by atoms with van der Waals surface area (Å²) in [5.74, 6) is -0.820. The molecule has 0 aliphatic heterocycles. The third-order valence-electron chi connectivity index (χ3n) is 2.95. The third-order valence-corrected chi connectivity index (χ3v) is 2.95. The monoisotopic (exact) mass is 251 g/mol. The normalized spacial score (nSPS) is 12.2. The lowest BCUT2D eigenvalue weighted by Gasteiger charge is -2.28. The van der Waals surface area contributed by atoms with Crippen LogP contribution in [0.15, 0.2) is 24.3 Å². The van der Waals surface area contributed by atoms with Crippen LogP contribution in [0.2, 0.25) is 0 Å². The van der Waals surface area contributed by atoms with Crippen LogP contribution in [0.25, 0.3) is 0 Å². The Labute approximate surface area is 108 Å². The number of nitrogens with zero attached hydrogens (tertiary/aromatic N) is 1. The second-order valence-electron chi connectivity index (χ2n) is 4.44. The van der Waals surface area contributed by atoms with E-state index in [9.17, 15) is 9.90 Å². The Balaban J connectivity index is 2.82. The zero-order valence-electron chi connectivity index (χ0n) is 11.0. The van der Waals surface area contributed by atoms with Gasteiger partial charge in [0, 0.05) is 18.8 Å². The number of carboxylic acid groups (broad SMARTS) is 1. The molecule has 100 valence electrons. The zero-order chi connectivity index (χ0) is 13.5. The van der Waals surface area contributed by atoms with Crippen molar-refractivity contribution in [1.29, 1.82) is 0 Å². The number of aryl methyl sites for hydroxylation is 1. The van der Waals surface area contributed by atoms with E-state index in [4.69, 9.17) is 5.11 Å². The molecular formula is C14H21NO3. The van der Waals surface area contributed by atoms with Gasteiger partial charge >= 0.3 is 5.97 Å². The molecule has 1 atom stereocenters. The first-order valence-electron chi connectivity index (χ1n) is 6.25. The Morgan fingerprint density at radius 3 is 2.61 bits per heavy atom. The minimum Gasteiger partial charge on any atom is -0.481 e. The summed E-state index contributed by atoms with van der Waals surface area (Å²) >= 11 is 0. The number of carboxylic acids is 1. The second kappa shape index (κ2) is 7.01. The number of aliphatic hydroxyl groups is 1. The van der Waals surface area contributed by atoms with E-state index in [2.05, 4.69) is 0 Å². The van der Waals surface area contributed by atoms with Gasteiger partial charge in [0.2, 0.25) is 0 Å². The quantitative estimate of drug-likeness (QED) is 0.778. The van der Waals surface area contributed by atoms with Crippen molar-refractivity contribution in [3.05, 3.63) is 29.8 Å². The minimum atomic E-state index is -0.820. The molecule has 2 N–H and O–H groups in total. The third kappa shape index (κ3) is 4.37. The fourth-order valence-corrected chi connectivity index (χ4v) is 1.84. The molecule has 0 saturated heterocycles. The van der Waals surface area contributed by atoms with E-state index in [1.165, 1.54) is 0 Å². The van der Waals surface area contributed by atoms with Crippen molar-refractivity contribution in [1.82, 2.24) is 0 Å². The van der Waals surface area contributed by atoms with E-state index < -0.39 is 12.1 Å². The lowest BCUT2D eigenvalue weighted by Crippen LogP contribution is -2.34. The first kappa shape index (κ1) is 14.5. The van der Waals surface area contributed by atoms with Gasteiger partial charge in [0.1, 0.15) is 0 Å². The van der Waals surface area contributed by atoms with Crippen molar-refractivity contribution in [3.63, 3.8) is 0 Å². The largest absolute Gasteiger partial charge is 0.481 e. The Morgan fingerprint density at radius 1 is 1.39 bits per heavy atom. The number of hydrogen-bond donors (Lipinski definition) is 2. The summed E-state index contributed by atoms with van der Waals surface area (Å²) in [7, 11) is 0. The number of benzene rings is 1. The molecule has 18 heavy (non-hydrogen) atoms. The maximum absolute atomic E-state index is 10.7.